The van der Waals surface area contributed by atoms with E-state index in [-0.39, 0.29) is 0 Å². The first-order chi connectivity index (χ1) is 8.75. The van der Waals surface area contributed by atoms with Crippen LogP contribution >= 0.6 is 11.3 Å². The number of rotatable bonds is 2. The third-order valence-electron chi connectivity index (χ3n) is 3.28. The van der Waals surface area contributed by atoms with Gasteiger partial charge in [-0.15, -0.1) is 11.3 Å². The largest absolute Gasteiger partial charge is 0.478 e. The van der Waals surface area contributed by atoms with Crippen molar-refractivity contribution in [3.8, 4) is 0 Å². The molecule has 2 aromatic rings. The predicted molar refractivity (Wildman–Crippen MR) is 72.6 cm³/mol. The fraction of sp³-hybridized carbons (Fsp3) is 0.286. The van der Waals surface area contributed by atoms with E-state index in [2.05, 4.69) is 4.98 Å². The number of allylic oxidation sites excluding steroid dienone is 1. The van der Waals surface area contributed by atoms with E-state index in [9.17, 15) is 9.90 Å². The summed E-state index contributed by atoms with van der Waals surface area (Å²) in [4.78, 5) is 15.8. The zero-order chi connectivity index (χ0) is 12.5. The van der Waals surface area contributed by atoms with E-state index in [1.165, 1.54) is 0 Å². The zero-order valence-corrected chi connectivity index (χ0v) is 10.7. The van der Waals surface area contributed by atoms with Gasteiger partial charge in [-0.1, -0.05) is 12.1 Å². The smallest absolute Gasteiger partial charge is 0.331 e. The fourth-order valence-corrected chi connectivity index (χ4v) is 3.44. The Labute approximate surface area is 109 Å². The van der Waals surface area contributed by atoms with E-state index in [0.29, 0.717) is 12.0 Å². The minimum atomic E-state index is -0.788. The standard InChI is InChI=1S/C14H13NO2S/c16-14(17)10-6-2-1-5-9(10)13-15-11-7-3-4-8-12(11)18-13/h3-4,7-8H,1-2,5-6H2,(H,16,17). The number of hydrogen-bond donors (Lipinski definition) is 1. The molecule has 0 unspecified atom stereocenters. The van der Waals surface area contributed by atoms with Crippen LogP contribution in [-0.4, -0.2) is 16.1 Å². The Bertz CT molecular complexity index is 609. The molecule has 92 valence electrons. The number of hydrogen-bond acceptors (Lipinski definition) is 3. The SMILES string of the molecule is O=C(O)C1=C(c2nc3ccccc3s2)CCCC1. The number of benzene rings is 1. The fourth-order valence-electron chi connectivity index (χ4n) is 2.38. The number of carboxylic acids is 1. The minimum Gasteiger partial charge on any atom is -0.478 e. The normalized spacial score (nSPS) is 16.2. The third kappa shape index (κ3) is 1.93. The maximum absolute atomic E-state index is 11.3. The summed E-state index contributed by atoms with van der Waals surface area (Å²) in [6, 6.07) is 7.94. The van der Waals surface area contributed by atoms with Gasteiger partial charge in [0, 0.05) is 5.57 Å². The first-order valence-corrected chi connectivity index (χ1v) is 6.88. The monoisotopic (exact) mass is 259 g/mol. The molecule has 18 heavy (non-hydrogen) atoms. The molecular formula is C14H13NO2S. The quantitative estimate of drug-likeness (QED) is 0.894. The Kier molecular flexibility index (Phi) is 2.88. The number of carboxylic acid groups (broad SMARTS) is 1. The molecule has 0 atom stereocenters. The second-order valence-electron chi connectivity index (χ2n) is 4.46. The molecule has 1 N–H and O–H groups in total. The molecule has 0 bridgehead atoms. The van der Waals surface area contributed by atoms with Gasteiger partial charge in [-0.2, -0.15) is 0 Å². The average molecular weight is 259 g/mol. The number of aromatic nitrogens is 1. The molecule has 0 saturated heterocycles. The highest BCUT2D eigenvalue weighted by Gasteiger charge is 2.21. The lowest BCUT2D eigenvalue weighted by molar-refractivity contribution is -0.132. The highest BCUT2D eigenvalue weighted by molar-refractivity contribution is 7.19. The van der Waals surface area contributed by atoms with Crippen molar-refractivity contribution in [1.82, 2.24) is 4.98 Å². The van der Waals surface area contributed by atoms with Crippen molar-refractivity contribution in [2.45, 2.75) is 25.7 Å². The van der Waals surface area contributed by atoms with Crippen LogP contribution in [0.3, 0.4) is 0 Å². The number of nitrogens with zero attached hydrogens (tertiary/aromatic N) is 1. The summed E-state index contributed by atoms with van der Waals surface area (Å²) in [7, 11) is 0. The van der Waals surface area contributed by atoms with Crippen molar-refractivity contribution in [2.24, 2.45) is 0 Å². The molecule has 1 aromatic carbocycles. The van der Waals surface area contributed by atoms with Gasteiger partial charge in [0.05, 0.1) is 10.2 Å². The van der Waals surface area contributed by atoms with Crippen LogP contribution in [0.1, 0.15) is 30.7 Å². The summed E-state index contributed by atoms with van der Waals surface area (Å²) >= 11 is 1.59. The highest BCUT2D eigenvalue weighted by atomic mass is 32.1. The Morgan fingerprint density at radius 3 is 2.78 bits per heavy atom. The molecule has 3 nitrogen and oxygen atoms in total. The lowest BCUT2D eigenvalue weighted by Crippen LogP contribution is -2.08. The first-order valence-electron chi connectivity index (χ1n) is 6.07. The van der Waals surface area contributed by atoms with Gasteiger partial charge in [-0.3, -0.25) is 0 Å². The number of fused-ring (bicyclic) bond motifs is 1. The Balaban J connectivity index is 2.14. The summed E-state index contributed by atoms with van der Waals surface area (Å²) < 4.78 is 1.12. The van der Waals surface area contributed by atoms with Crippen LogP contribution in [-0.2, 0) is 4.79 Å². The lowest BCUT2D eigenvalue weighted by Gasteiger charge is -2.15. The molecule has 0 aliphatic heterocycles. The summed E-state index contributed by atoms with van der Waals surface area (Å²) in [5.74, 6) is -0.788. The van der Waals surface area contributed by atoms with Crippen molar-refractivity contribution >= 4 is 33.1 Å². The molecular weight excluding hydrogens is 246 g/mol. The molecule has 4 heteroatoms. The second kappa shape index (κ2) is 4.53. The van der Waals surface area contributed by atoms with Gasteiger partial charge < -0.3 is 5.11 Å². The van der Waals surface area contributed by atoms with Crippen LogP contribution in [0, 0.1) is 0 Å². The van der Waals surface area contributed by atoms with Crippen LogP contribution in [0.15, 0.2) is 29.8 Å². The summed E-state index contributed by atoms with van der Waals surface area (Å²) in [5, 5.41) is 10.1. The molecule has 0 saturated carbocycles. The van der Waals surface area contributed by atoms with Gasteiger partial charge in [0.1, 0.15) is 5.01 Å². The van der Waals surface area contributed by atoms with Gasteiger partial charge in [-0.05, 0) is 43.4 Å². The first kappa shape index (κ1) is 11.4. The maximum Gasteiger partial charge on any atom is 0.331 e. The Morgan fingerprint density at radius 1 is 1.22 bits per heavy atom. The number of carbonyl (C=O) groups is 1. The van der Waals surface area contributed by atoms with Crippen molar-refractivity contribution in [3.63, 3.8) is 0 Å². The molecule has 1 aromatic heterocycles. The third-order valence-corrected chi connectivity index (χ3v) is 4.37. The Morgan fingerprint density at radius 2 is 2.00 bits per heavy atom. The van der Waals surface area contributed by atoms with Gasteiger partial charge in [0.15, 0.2) is 0 Å². The van der Waals surface area contributed by atoms with Crippen LogP contribution in [0.2, 0.25) is 0 Å². The predicted octanol–water partition coefficient (Wildman–Crippen LogP) is 3.71. The van der Waals surface area contributed by atoms with Crippen molar-refractivity contribution < 1.29 is 9.90 Å². The molecule has 0 radical (unpaired) electrons. The molecule has 0 amide bonds. The van der Waals surface area contributed by atoms with Crippen LogP contribution in [0.4, 0.5) is 0 Å². The maximum atomic E-state index is 11.3. The highest BCUT2D eigenvalue weighted by Crippen LogP contribution is 2.36. The molecule has 1 aliphatic rings. The number of thiazole rings is 1. The van der Waals surface area contributed by atoms with E-state index in [4.69, 9.17) is 0 Å². The van der Waals surface area contributed by atoms with Crippen molar-refractivity contribution in [1.29, 1.82) is 0 Å². The van der Waals surface area contributed by atoms with Gasteiger partial charge >= 0.3 is 5.97 Å². The molecule has 0 fully saturated rings. The van der Waals surface area contributed by atoms with Crippen molar-refractivity contribution in [3.05, 3.63) is 34.8 Å². The van der Waals surface area contributed by atoms with E-state index >= 15 is 0 Å². The number of aliphatic carboxylic acids is 1. The molecule has 1 aliphatic carbocycles. The van der Waals surface area contributed by atoms with Gasteiger partial charge in [0.2, 0.25) is 0 Å². The van der Waals surface area contributed by atoms with E-state index in [1.54, 1.807) is 11.3 Å². The summed E-state index contributed by atoms with van der Waals surface area (Å²) in [6.45, 7) is 0. The van der Waals surface area contributed by atoms with E-state index in [1.807, 2.05) is 24.3 Å². The van der Waals surface area contributed by atoms with E-state index < -0.39 is 5.97 Å². The Hall–Kier alpha value is -1.68. The van der Waals surface area contributed by atoms with Crippen LogP contribution < -0.4 is 0 Å². The molecule has 1 heterocycles. The van der Waals surface area contributed by atoms with E-state index in [0.717, 1.165) is 40.1 Å². The zero-order valence-electron chi connectivity index (χ0n) is 9.85. The van der Waals surface area contributed by atoms with Crippen LogP contribution in [0.5, 0.6) is 0 Å². The second-order valence-corrected chi connectivity index (χ2v) is 5.49. The summed E-state index contributed by atoms with van der Waals surface area (Å²) in [6.07, 6.45) is 3.53. The molecule has 3 rings (SSSR count). The summed E-state index contributed by atoms with van der Waals surface area (Å²) in [5.41, 5.74) is 2.45. The average Bonchev–Trinajstić information content (AvgIpc) is 2.82. The topological polar surface area (TPSA) is 50.2 Å². The van der Waals surface area contributed by atoms with Gasteiger partial charge in [-0.25, -0.2) is 9.78 Å². The van der Waals surface area contributed by atoms with Crippen LogP contribution in [0.25, 0.3) is 15.8 Å². The number of para-hydroxylation sites is 1. The van der Waals surface area contributed by atoms with Gasteiger partial charge in [0.25, 0.3) is 0 Å². The molecule has 0 spiro atoms. The lowest BCUT2D eigenvalue weighted by atomic mass is 9.92. The minimum absolute atomic E-state index is 0.556. The van der Waals surface area contributed by atoms with Crippen molar-refractivity contribution in [2.75, 3.05) is 0 Å².